The number of nitrogens with zero attached hydrogens (tertiary/aromatic N) is 2. The zero-order chi connectivity index (χ0) is 17.1. The van der Waals surface area contributed by atoms with Gasteiger partial charge in [-0.1, -0.05) is 42.5 Å². The molecule has 0 aliphatic carbocycles. The largest absolute Gasteiger partial charge is 0.505 e. The van der Waals surface area contributed by atoms with Crippen LogP contribution in [0.3, 0.4) is 0 Å². The van der Waals surface area contributed by atoms with Gasteiger partial charge >= 0.3 is 5.97 Å². The first-order chi connectivity index (χ1) is 11.6. The van der Waals surface area contributed by atoms with Crippen LogP contribution >= 0.6 is 0 Å². The summed E-state index contributed by atoms with van der Waals surface area (Å²) in [6.07, 6.45) is 0.675. The Morgan fingerprint density at radius 3 is 2.58 bits per heavy atom. The van der Waals surface area contributed by atoms with E-state index in [0.717, 1.165) is 11.1 Å². The van der Waals surface area contributed by atoms with Crippen molar-refractivity contribution < 1.29 is 14.6 Å². The lowest BCUT2D eigenvalue weighted by molar-refractivity contribution is 0.0590. The first-order valence-corrected chi connectivity index (χ1v) is 7.32. The van der Waals surface area contributed by atoms with Crippen LogP contribution in [0.2, 0.25) is 0 Å². The Bertz CT molecular complexity index is 960. The lowest BCUT2D eigenvalue weighted by Crippen LogP contribution is -2.06. The molecule has 0 spiro atoms. The number of hydrogen-bond acceptors (Lipinski definition) is 5. The van der Waals surface area contributed by atoms with E-state index < -0.39 is 5.97 Å². The van der Waals surface area contributed by atoms with E-state index in [4.69, 9.17) is 0 Å². The Kier molecular flexibility index (Phi) is 4.13. The van der Waals surface area contributed by atoms with Crippen LogP contribution in [-0.2, 0) is 11.2 Å². The summed E-state index contributed by atoms with van der Waals surface area (Å²) in [5.74, 6) is -1.05. The van der Waals surface area contributed by atoms with E-state index in [0.29, 0.717) is 17.2 Å². The molecule has 0 fully saturated rings. The molecule has 1 heterocycles. The smallest absolute Gasteiger partial charge is 0.360 e. The highest BCUT2D eigenvalue weighted by Crippen LogP contribution is 2.31. The van der Waals surface area contributed by atoms with E-state index in [9.17, 15) is 15.2 Å². The predicted molar refractivity (Wildman–Crippen MR) is 88.7 cm³/mol. The Morgan fingerprint density at radius 2 is 1.92 bits per heavy atom. The highest BCUT2D eigenvalue weighted by atomic mass is 16.5. The molecule has 0 saturated heterocycles. The van der Waals surface area contributed by atoms with Crippen molar-refractivity contribution in [2.75, 3.05) is 7.11 Å². The van der Waals surface area contributed by atoms with Gasteiger partial charge in [0, 0.05) is 10.8 Å². The molecule has 24 heavy (non-hydrogen) atoms. The summed E-state index contributed by atoms with van der Waals surface area (Å²) in [5, 5.41) is 20.6. The Hall–Kier alpha value is -3.39. The van der Waals surface area contributed by atoms with E-state index in [1.807, 2.05) is 42.5 Å². The molecule has 5 nitrogen and oxygen atoms in total. The second kappa shape index (κ2) is 6.39. The summed E-state index contributed by atoms with van der Waals surface area (Å²) in [7, 11) is 1.20. The molecule has 3 rings (SSSR count). The Morgan fingerprint density at radius 1 is 1.17 bits per heavy atom. The number of benzene rings is 2. The summed E-state index contributed by atoms with van der Waals surface area (Å²) in [5.41, 5.74) is 1.90. The number of aromatic hydroxyl groups is 1. The van der Waals surface area contributed by atoms with Gasteiger partial charge in [-0.05, 0) is 23.6 Å². The van der Waals surface area contributed by atoms with Crippen LogP contribution in [0.15, 0.2) is 48.5 Å². The van der Waals surface area contributed by atoms with Crippen LogP contribution in [0.25, 0.3) is 10.8 Å². The van der Waals surface area contributed by atoms with Crippen LogP contribution < -0.4 is 0 Å². The highest BCUT2D eigenvalue weighted by molar-refractivity contribution is 6.01. The lowest BCUT2D eigenvalue weighted by atomic mass is 9.99. The number of carbonyl (C=O) groups is 1. The zero-order valence-electron chi connectivity index (χ0n) is 13.0. The molecule has 1 aromatic heterocycles. The van der Waals surface area contributed by atoms with Gasteiger partial charge in [-0.25, -0.2) is 9.78 Å². The molecule has 5 heteroatoms. The third kappa shape index (κ3) is 2.77. The van der Waals surface area contributed by atoms with Crippen molar-refractivity contribution in [2.24, 2.45) is 0 Å². The SMILES string of the molecule is COC(=O)c1nc(C#N)c2ccc(Cc3ccccc3)cc2c1O. The summed E-state index contributed by atoms with van der Waals surface area (Å²) in [4.78, 5) is 15.7. The molecule has 0 aliphatic heterocycles. The molecule has 0 radical (unpaired) electrons. The van der Waals surface area contributed by atoms with E-state index in [2.05, 4.69) is 9.72 Å². The zero-order valence-corrected chi connectivity index (χ0v) is 13.0. The van der Waals surface area contributed by atoms with Crippen LogP contribution in [0, 0.1) is 11.3 Å². The normalized spacial score (nSPS) is 10.3. The number of hydrogen-bond donors (Lipinski definition) is 1. The van der Waals surface area contributed by atoms with Gasteiger partial charge in [0.15, 0.2) is 11.4 Å². The van der Waals surface area contributed by atoms with E-state index in [1.54, 1.807) is 12.1 Å². The number of carbonyl (C=O) groups excluding carboxylic acids is 1. The Labute approximate surface area is 138 Å². The first kappa shape index (κ1) is 15.5. The summed E-state index contributed by atoms with van der Waals surface area (Å²) in [6.45, 7) is 0. The molecule has 3 aromatic rings. The van der Waals surface area contributed by atoms with E-state index in [-0.39, 0.29) is 17.1 Å². The number of rotatable bonds is 3. The summed E-state index contributed by atoms with van der Waals surface area (Å²) < 4.78 is 4.62. The fourth-order valence-electron chi connectivity index (χ4n) is 2.61. The van der Waals surface area contributed by atoms with Gasteiger partial charge in [0.2, 0.25) is 0 Å². The van der Waals surface area contributed by atoms with E-state index >= 15 is 0 Å². The molecule has 2 aromatic carbocycles. The third-order valence-electron chi connectivity index (χ3n) is 3.78. The minimum Gasteiger partial charge on any atom is -0.505 e. The topological polar surface area (TPSA) is 83.2 Å². The number of nitriles is 1. The maximum absolute atomic E-state index is 11.8. The van der Waals surface area contributed by atoms with Crippen molar-refractivity contribution in [3.8, 4) is 11.8 Å². The quantitative estimate of drug-likeness (QED) is 0.750. The highest BCUT2D eigenvalue weighted by Gasteiger charge is 2.19. The summed E-state index contributed by atoms with van der Waals surface area (Å²) >= 11 is 0. The number of ether oxygens (including phenoxy) is 1. The van der Waals surface area contributed by atoms with Crippen molar-refractivity contribution in [1.29, 1.82) is 5.26 Å². The van der Waals surface area contributed by atoms with Gasteiger partial charge in [-0.2, -0.15) is 5.26 Å². The molecule has 0 atom stereocenters. The van der Waals surface area contributed by atoms with Gasteiger partial charge in [-0.15, -0.1) is 0 Å². The third-order valence-corrected chi connectivity index (χ3v) is 3.78. The monoisotopic (exact) mass is 318 g/mol. The minimum absolute atomic E-state index is 0.0782. The minimum atomic E-state index is -0.778. The average molecular weight is 318 g/mol. The number of aromatic nitrogens is 1. The number of methoxy groups -OCH3 is 1. The summed E-state index contributed by atoms with van der Waals surface area (Å²) in [6, 6.07) is 17.2. The van der Waals surface area contributed by atoms with Crippen molar-refractivity contribution in [1.82, 2.24) is 4.98 Å². The van der Waals surface area contributed by atoms with Crippen molar-refractivity contribution in [3.63, 3.8) is 0 Å². The standard InChI is InChI=1S/C19H14N2O3/c1-24-19(23)17-18(22)15-10-13(9-12-5-3-2-4-6-12)7-8-14(15)16(11-20)21-17/h2-8,10,22H,9H2,1H3. The first-order valence-electron chi connectivity index (χ1n) is 7.32. The second-order valence-electron chi connectivity index (χ2n) is 5.30. The maximum Gasteiger partial charge on any atom is 0.360 e. The predicted octanol–water partition coefficient (Wildman–Crippen LogP) is 3.19. The van der Waals surface area contributed by atoms with Crippen LogP contribution in [0.4, 0.5) is 0 Å². The molecule has 0 saturated carbocycles. The molecule has 0 amide bonds. The molecular weight excluding hydrogens is 304 g/mol. The molecule has 0 unspecified atom stereocenters. The van der Waals surface area contributed by atoms with Crippen molar-refractivity contribution in [3.05, 3.63) is 71.0 Å². The van der Waals surface area contributed by atoms with Crippen LogP contribution in [0.1, 0.15) is 27.3 Å². The second-order valence-corrected chi connectivity index (χ2v) is 5.30. The molecule has 118 valence electrons. The average Bonchev–Trinajstić information content (AvgIpc) is 2.62. The van der Waals surface area contributed by atoms with Crippen molar-refractivity contribution >= 4 is 16.7 Å². The van der Waals surface area contributed by atoms with Crippen LogP contribution in [-0.4, -0.2) is 23.2 Å². The van der Waals surface area contributed by atoms with Crippen molar-refractivity contribution in [2.45, 2.75) is 6.42 Å². The Balaban J connectivity index is 2.15. The van der Waals surface area contributed by atoms with Gasteiger partial charge < -0.3 is 9.84 Å². The number of pyridine rings is 1. The number of esters is 1. The van der Waals surface area contributed by atoms with Crippen LogP contribution in [0.5, 0.6) is 5.75 Å². The van der Waals surface area contributed by atoms with Gasteiger partial charge in [0.1, 0.15) is 11.8 Å². The molecule has 0 bridgehead atoms. The molecular formula is C19H14N2O3. The fourth-order valence-corrected chi connectivity index (χ4v) is 2.61. The lowest BCUT2D eigenvalue weighted by Gasteiger charge is -2.09. The molecule has 1 N–H and O–H groups in total. The maximum atomic E-state index is 11.8. The fraction of sp³-hybridized carbons (Fsp3) is 0.105. The van der Waals surface area contributed by atoms with Gasteiger partial charge in [-0.3, -0.25) is 0 Å². The van der Waals surface area contributed by atoms with E-state index in [1.165, 1.54) is 7.11 Å². The number of fused-ring (bicyclic) bond motifs is 1. The van der Waals surface area contributed by atoms with Gasteiger partial charge in [0.05, 0.1) is 7.11 Å². The molecule has 0 aliphatic rings. The van der Waals surface area contributed by atoms with Gasteiger partial charge in [0.25, 0.3) is 0 Å².